The van der Waals surface area contributed by atoms with Crippen LogP contribution in [0.5, 0.6) is 5.75 Å². The largest absolute Gasteiger partial charge is 0.493 e. The number of primary amides is 1. The molecule has 0 saturated heterocycles. The van der Waals surface area contributed by atoms with Gasteiger partial charge in [0.1, 0.15) is 11.3 Å². The van der Waals surface area contributed by atoms with Crippen molar-refractivity contribution in [3.05, 3.63) is 45.3 Å². The lowest BCUT2D eigenvalue weighted by atomic mass is 10.2. The average Bonchev–Trinajstić information content (AvgIpc) is 3.05. The number of fused-ring (bicyclic) bond motifs is 1. The number of anilines is 1. The number of halogens is 3. The molecule has 3 rings (SSSR count). The van der Waals surface area contributed by atoms with Crippen molar-refractivity contribution in [2.75, 3.05) is 12.3 Å². The number of carbonyl (C=O) groups excluding carboxylic acids is 1. The highest BCUT2D eigenvalue weighted by Crippen LogP contribution is 2.34. The summed E-state index contributed by atoms with van der Waals surface area (Å²) < 4.78 is 7.69. The topological polar surface area (TPSA) is 109 Å². The molecule has 0 saturated carbocycles. The Bertz CT molecular complexity index is 1020. The summed E-state index contributed by atoms with van der Waals surface area (Å²) in [4.78, 5) is 19.1. The maximum absolute atomic E-state index is 10.8. The van der Waals surface area contributed by atoms with E-state index in [1.165, 1.54) is 6.20 Å². The van der Waals surface area contributed by atoms with Crippen molar-refractivity contribution >= 4 is 57.6 Å². The van der Waals surface area contributed by atoms with Crippen LogP contribution in [0.25, 0.3) is 11.0 Å². The van der Waals surface area contributed by atoms with Gasteiger partial charge in [-0.25, -0.2) is 9.97 Å². The Balaban J connectivity index is 1.86. The number of unbranched alkanes of at least 4 members (excludes halogenated alkanes) is 1. The summed E-state index contributed by atoms with van der Waals surface area (Å²) in [7, 11) is 0. The number of carbonyl (C=O) groups is 1. The molecule has 10 heteroatoms. The maximum atomic E-state index is 10.8. The first-order valence-electron chi connectivity index (χ1n) is 8.50. The molecule has 0 aliphatic heterocycles. The molecule has 0 aliphatic rings. The number of rotatable bonds is 8. The third kappa shape index (κ3) is 4.60. The standard InChI is InChI=1S/C18H18Cl3N5O2/c19-10-5-12(20)11(14(6-10)28-4-2-1-3-15(22)27)8-26-9-25-16-17(26)13(21)7-24-18(16)23/h5-7,9H,1-4,8H2,(H2,22,27)(H2,23,24). The van der Waals surface area contributed by atoms with Crippen LogP contribution < -0.4 is 16.2 Å². The molecule has 0 aliphatic carbocycles. The Morgan fingerprint density at radius 2 is 1.93 bits per heavy atom. The first-order valence-corrected chi connectivity index (χ1v) is 9.64. The summed E-state index contributed by atoms with van der Waals surface area (Å²) in [6.45, 7) is 0.756. The van der Waals surface area contributed by atoms with Gasteiger partial charge in [-0.15, -0.1) is 0 Å². The molecule has 7 nitrogen and oxygen atoms in total. The Hall–Kier alpha value is -2.22. The van der Waals surface area contributed by atoms with Crippen molar-refractivity contribution in [1.29, 1.82) is 0 Å². The van der Waals surface area contributed by atoms with E-state index >= 15 is 0 Å². The number of pyridine rings is 1. The number of hydrogen-bond donors (Lipinski definition) is 2. The van der Waals surface area contributed by atoms with Crippen LogP contribution in [-0.2, 0) is 11.3 Å². The molecule has 2 heterocycles. The molecule has 4 N–H and O–H groups in total. The van der Waals surface area contributed by atoms with Crippen molar-refractivity contribution in [2.24, 2.45) is 5.73 Å². The summed E-state index contributed by atoms with van der Waals surface area (Å²) in [6.07, 6.45) is 4.75. The smallest absolute Gasteiger partial charge is 0.217 e. The fourth-order valence-corrected chi connectivity index (χ4v) is 3.59. The molecule has 0 spiro atoms. The molecule has 3 aromatic rings. The summed E-state index contributed by atoms with van der Waals surface area (Å²) in [5, 5.41) is 1.35. The lowest BCUT2D eigenvalue weighted by Crippen LogP contribution is -2.10. The van der Waals surface area contributed by atoms with Gasteiger partial charge in [-0.1, -0.05) is 34.8 Å². The monoisotopic (exact) mass is 441 g/mol. The van der Waals surface area contributed by atoms with E-state index in [1.54, 1.807) is 18.5 Å². The van der Waals surface area contributed by atoms with Gasteiger partial charge in [0.05, 0.1) is 41.2 Å². The highest BCUT2D eigenvalue weighted by Gasteiger charge is 2.16. The van der Waals surface area contributed by atoms with Gasteiger partial charge < -0.3 is 20.8 Å². The first-order chi connectivity index (χ1) is 13.4. The van der Waals surface area contributed by atoms with Crippen molar-refractivity contribution in [1.82, 2.24) is 14.5 Å². The molecule has 0 bridgehead atoms. The van der Waals surface area contributed by atoms with E-state index in [9.17, 15) is 4.79 Å². The minimum absolute atomic E-state index is 0.297. The number of benzene rings is 1. The first kappa shape index (κ1) is 20.5. The summed E-state index contributed by atoms with van der Waals surface area (Å²) in [5.74, 6) is 0.520. The summed E-state index contributed by atoms with van der Waals surface area (Å²) in [6, 6.07) is 3.35. The van der Waals surface area contributed by atoms with Crippen LogP contribution in [0.3, 0.4) is 0 Å². The Kier molecular flexibility index (Phi) is 6.49. The van der Waals surface area contributed by atoms with Crippen LogP contribution in [0, 0.1) is 0 Å². The molecule has 0 radical (unpaired) electrons. The molecule has 0 fully saturated rings. The predicted octanol–water partition coefficient (Wildman–Crippen LogP) is 4.06. The van der Waals surface area contributed by atoms with Crippen molar-refractivity contribution < 1.29 is 9.53 Å². The normalized spacial score (nSPS) is 11.1. The minimum atomic E-state index is -0.330. The fraction of sp³-hybridized carbons (Fsp3) is 0.278. The van der Waals surface area contributed by atoms with E-state index in [0.29, 0.717) is 70.1 Å². The third-order valence-electron chi connectivity index (χ3n) is 4.15. The SMILES string of the molecule is NC(=O)CCCCOc1cc(Cl)cc(Cl)c1Cn1cnc2c(N)ncc(Cl)c21. The van der Waals surface area contributed by atoms with Gasteiger partial charge in [0, 0.05) is 17.0 Å². The number of nitrogens with two attached hydrogens (primary N) is 2. The number of imidazole rings is 1. The zero-order valence-corrected chi connectivity index (χ0v) is 17.1. The minimum Gasteiger partial charge on any atom is -0.493 e. The van der Waals surface area contributed by atoms with Gasteiger partial charge >= 0.3 is 0 Å². The molecule has 1 aromatic carbocycles. The second kappa shape index (κ2) is 8.86. The van der Waals surface area contributed by atoms with Gasteiger partial charge in [0.2, 0.25) is 5.91 Å². The second-order valence-electron chi connectivity index (χ2n) is 6.20. The number of ether oxygens (including phenoxy) is 1. The van der Waals surface area contributed by atoms with Gasteiger partial charge in [0.25, 0.3) is 0 Å². The van der Waals surface area contributed by atoms with E-state index in [1.807, 2.05) is 4.57 Å². The van der Waals surface area contributed by atoms with Gasteiger partial charge in [-0.2, -0.15) is 0 Å². The number of nitrogen functional groups attached to an aromatic ring is 1. The lowest BCUT2D eigenvalue weighted by molar-refractivity contribution is -0.118. The van der Waals surface area contributed by atoms with Gasteiger partial charge in [-0.05, 0) is 25.0 Å². The van der Waals surface area contributed by atoms with E-state index in [2.05, 4.69) is 9.97 Å². The highest BCUT2D eigenvalue weighted by molar-refractivity contribution is 6.36. The Morgan fingerprint density at radius 3 is 2.68 bits per heavy atom. The molecule has 28 heavy (non-hydrogen) atoms. The zero-order chi connectivity index (χ0) is 20.3. The van der Waals surface area contributed by atoms with E-state index in [4.69, 9.17) is 51.0 Å². The number of nitrogens with zero attached hydrogens (tertiary/aromatic N) is 3. The van der Waals surface area contributed by atoms with Crippen LogP contribution in [-0.4, -0.2) is 27.0 Å². The van der Waals surface area contributed by atoms with Crippen molar-refractivity contribution in [3.8, 4) is 5.75 Å². The van der Waals surface area contributed by atoms with Crippen LogP contribution in [0.1, 0.15) is 24.8 Å². The third-order valence-corrected chi connectivity index (χ3v) is 4.98. The van der Waals surface area contributed by atoms with Crippen LogP contribution in [0.4, 0.5) is 5.82 Å². The average molecular weight is 443 g/mol. The van der Waals surface area contributed by atoms with Gasteiger partial charge in [0.15, 0.2) is 5.82 Å². The Morgan fingerprint density at radius 1 is 1.14 bits per heavy atom. The predicted molar refractivity (Wildman–Crippen MR) is 111 cm³/mol. The molecular weight excluding hydrogens is 425 g/mol. The molecule has 1 amide bonds. The number of aromatic nitrogens is 3. The fourth-order valence-electron chi connectivity index (χ4n) is 2.80. The van der Waals surface area contributed by atoms with Gasteiger partial charge in [-0.3, -0.25) is 4.79 Å². The lowest BCUT2D eigenvalue weighted by Gasteiger charge is -2.15. The second-order valence-corrected chi connectivity index (χ2v) is 7.45. The quantitative estimate of drug-likeness (QED) is 0.511. The molecule has 148 valence electrons. The van der Waals surface area contributed by atoms with E-state index in [0.717, 1.165) is 5.56 Å². The summed E-state index contributed by atoms with van der Waals surface area (Å²) >= 11 is 18.9. The number of hydrogen-bond acceptors (Lipinski definition) is 5. The van der Waals surface area contributed by atoms with Crippen LogP contribution in [0.2, 0.25) is 15.1 Å². The zero-order valence-electron chi connectivity index (χ0n) is 14.8. The van der Waals surface area contributed by atoms with E-state index in [-0.39, 0.29) is 5.91 Å². The van der Waals surface area contributed by atoms with Crippen molar-refractivity contribution in [3.63, 3.8) is 0 Å². The summed E-state index contributed by atoms with van der Waals surface area (Å²) in [5.41, 5.74) is 12.9. The maximum Gasteiger partial charge on any atom is 0.217 e. The highest BCUT2D eigenvalue weighted by atomic mass is 35.5. The van der Waals surface area contributed by atoms with Crippen LogP contribution >= 0.6 is 34.8 Å². The van der Waals surface area contributed by atoms with Crippen LogP contribution in [0.15, 0.2) is 24.7 Å². The molecule has 2 aromatic heterocycles. The van der Waals surface area contributed by atoms with Crippen molar-refractivity contribution in [2.45, 2.75) is 25.8 Å². The molecular formula is C18H18Cl3N5O2. The molecule has 0 atom stereocenters. The van der Waals surface area contributed by atoms with E-state index < -0.39 is 0 Å². The molecule has 0 unspecified atom stereocenters. The Labute approximate surface area is 176 Å². The number of amides is 1.